The minimum Gasteiger partial charge on any atom is -0.391 e. The van der Waals surface area contributed by atoms with E-state index in [1.54, 1.807) is 145 Å². The molecule has 2 aliphatic rings. The monoisotopic (exact) mass is 1710 g/mol. The number of likely N-dealkylation sites (N-methyl/N-ethyl adjacent to an activating group) is 7. The van der Waals surface area contributed by atoms with Crippen LogP contribution in [0.15, 0.2) is 84.9 Å². The zero-order chi connectivity index (χ0) is 90.9. The lowest BCUT2D eigenvalue weighted by Gasteiger charge is -2.39. The van der Waals surface area contributed by atoms with Gasteiger partial charge in [-0.25, -0.2) is 0 Å². The van der Waals surface area contributed by atoms with E-state index >= 15 is 33.6 Å². The van der Waals surface area contributed by atoms with Gasteiger partial charge in [0.05, 0.1) is 19.1 Å². The van der Waals surface area contributed by atoms with Gasteiger partial charge >= 0.3 is 0 Å². The Morgan fingerprint density at radius 3 is 1.49 bits per heavy atom. The van der Waals surface area contributed by atoms with Crippen LogP contribution in [0, 0.1) is 35.5 Å². The number of nitrogens with zero attached hydrogens (tertiary/aromatic N) is 8. The Morgan fingerprint density at radius 1 is 0.488 bits per heavy atom. The molecule has 2 heterocycles. The Kier molecular flexibility index (Phi) is 39.8. The fraction of sp³-hybridized carbons (Fsp3) is 0.629. The van der Waals surface area contributed by atoms with Gasteiger partial charge < -0.3 is 81.5 Å². The third-order valence-electron chi connectivity index (χ3n) is 23.0. The number of rotatable bonds is 24. The maximum atomic E-state index is 15.8. The molecule has 2 fully saturated rings. The fourth-order valence-electron chi connectivity index (χ4n) is 15.0. The first-order chi connectivity index (χ1) is 56.7. The summed E-state index contributed by atoms with van der Waals surface area (Å²) in [5.41, 5.74) is 1.66. The minimum atomic E-state index is -1.94. The molecule has 0 spiro atoms. The van der Waals surface area contributed by atoms with Gasteiger partial charge in [-0.15, -0.1) is 0 Å². The highest BCUT2D eigenvalue weighted by molar-refractivity contribution is 6.30. The van der Waals surface area contributed by atoms with Crippen LogP contribution in [0.5, 0.6) is 0 Å². The van der Waals surface area contributed by atoms with E-state index in [2.05, 4.69) is 37.2 Å². The minimum absolute atomic E-state index is 0.00326. The van der Waals surface area contributed by atoms with E-state index in [-0.39, 0.29) is 68.1 Å². The Balaban J connectivity index is 1.70. The Morgan fingerprint density at radius 2 is 0.967 bits per heavy atom. The highest BCUT2D eigenvalue weighted by Gasteiger charge is 2.45. The van der Waals surface area contributed by atoms with Crippen molar-refractivity contribution in [2.45, 2.75) is 259 Å². The van der Waals surface area contributed by atoms with Gasteiger partial charge in [0.15, 0.2) is 0 Å². The van der Waals surface area contributed by atoms with Gasteiger partial charge in [-0.1, -0.05) is 174 Å². The highest BCUT2D eigenvalue weighted by Crippen LogP contribution is 2.26. The zero-order valence-corrected chi connectivity index (χ0v) is 75.8. The van der Waals surface area contributed by atoms with E-state index in [9.17, 15) is 43.5 Å². The molecule has 3 aromatic carbocycles. The predicted octanol–water partition coefficient (Wildman–Crippen LogP) is 4.52. The maximum Gasteiger partial charge on any atom is 0.248 e. The number of carbonyl (C=O) groups is 15. The van der Waals surface area contributed by atoms with Gasteiger partial charge in [0.2, 0.25) is 88.6 Å². The number of nitrogens with one attached hydrogen (secondary N) is 7. The molecule has 15 amide bonds. The first kappa shape index (κ1) is 102. The molecular weight excluding hydrogens is 1570 g/mol. The molecule has 0 radical (unpaired) electrons. The first-order valence-corrected chi connectivity index (χ1v) is 42.9. The number of halogens is 1. The summed E-state index contributed by atoms with van der Waals surface area (Å²) < 4.78 is 0. The lowest BCUT2D eigenvalue weighted by molar-refractivity contribution is -0.155. The number of aliphatic hydroxyl groups excluding tert-OH is 1. The van der Waals surface area contributed by atoms with Gasteiger partial charge in [0.25, 0.3) is 0 Å². The van der Waals surface area contributed by atoms with Crippen LogP contribution in [-0.4, -0.2) is 287 Å². The average Bonchev–Trinajstić information content (AvgIpc) is 0.801. The normalized spacial score (nSPS) is 23.7. The third kappa shape index (κ3) is 29.1. The van der Waals surface area contributed by atoms with Crippen molar-refractivity contribution < 1.29 is 77.0 Å². The zero-order valence-electron chi connectivity index (χ0n) is 75.1. The van der Waals surface area contributed by atoms with Gasteiger partial charge in [0.1, 0.15) is 78.5 Å². The summed E-state index contributed by atoms with van der Waals surface area (Å²) in [5, 5.41) is 30.7. The second kappa shape index (κ2) is 47.4. The molecule has 32 heteroatoms. The van der Waals surface area contributed by atoms with Crippen LogP contribution in [0.1, 0.15) is 172 Å². The summed E-state index contributed by atoms with van der Waals surface area (Å²) in [7, 11) is 9.47. The van der Waals surface area contributed by atoms with Crippen molar-refractivity contribution in [2.75, 3.05) is 69.0 Å². The van der Waals surface area contributed by atoms with Crippen LogP contribution < -0.4 is 37.2 Å². The number of benzene rings is 3. The quantitative estimate of drug-likeness (QED) is 0.0611. The molecule has 0 saturated carbocycles. The standard InChI is InChI=1S/C89H136ClN15O16/c1-23-56(12)75(89(121)105-40-31-26-32-41-105)96-82(114)73(54(8)9)95-79(111)64(46-60-34-27-24-28-35-60)93-78(110)65-49-71(107)94-74(55(10)11)88(120)99(17)58(14)83(115)101(19)67(43-52(4)5)81(113)97-76(59(15)106)87(119)98(16)50-72(108)100(18)69(47-61-36-29-25-30-37-61)85(117)103(21)68(44-53(6)7)84(116)104(22)70(48-62-38-33-39-63(90)45-62)86(118)102(20)66(42-51(2)3)80(112)91-57(13)77(109)92-65/h24-25,27-30,33-39,45,51-59,64-70,73-76,106H,23,26,31-32,40-44,46-50H2,1-22H3,(H,91,112)(H,92,109)(H,93,110)(H,94,107)(H,95,111)(H,96,114)(H,97,113)/t56-,57-,58-,59+,64-,65-,66-,67-,68-,69-,70-,73-,74+,75-,76-/m0/s1. The molecule has 31 nitrogen and oxygen atoms in total. The molecule has 0 aromatic heterocycles. The summed E-state index contributed by atoms with van der Waals surface area (Å²) >= 11 is 6.58. The molecule has 670 valence electrons. The molecule has 121 heavy (non-hydrogen) atoms. The van der Waals surface area contributed by atoms with Gasteiger partial charge in [-0.05, 0) is 124 Å². The second-order valence-electron chi connectivity index (χ2n) is 34.9. The number of carbonyl (C=O) groups excluding carboxylic acids is 15. The number of piperidine rings is 1. The maximum absolute atomic E-state index is 15.8. The molecule has 2 aliphatic heterocycles. The summed E-state index contributed by atoms with van der Waals surface area (Å²) in [5.74, 6) is -14.6. The van der Waals surface area contributed by atoms with Gasteiger partial charge in [-0.2, -0.15) is 0 Å². The average molecular weight is 1710 g/mol. The molecule has 0 bridgehead atoms. The van der Waals surface area contributed by atoms with E-state index in [1.807, 2.05) is 27.7 Å². The summed E-state index contributed by atoms with van der Waals surface area (Å²) in [6.45, 7) is 25.5. The number of aliphatic hydroxyl groups is 1. The summed E-state index contributed by atoms with van der Waals surface area (Å²) in [6, 6.07) is 5.27. The van der Waals surface area contributed by atoms with E-state index in [0.29, 0.717) is 41.2 Å². The number of amides is 15. The first-order valence-electron chi connectivity index (χ1n) is 42.5. The fourth-order valence-corrected chi connectivity index (χ4v) is 15.2. The predicted molar refractivity (Wildman–Crippen MR) is 462 cm³/mol. The van der Waals surface area contributed by atoms with Crippen molar-refractivity contribution in [1.82, 2.24) is 76.4 Å². The molecule has 2 saturated heterocycles. The van der Waals surface area contributed by atoms with Crippen LogP contribution in [0.3, 0.4) is 0 Å². The molecule has 0 aliphatic carbocycles. The van der Waals surface area contributed by atoms with Crippen LogP contribution in [0.25, 0.3) is 0 Å². The van der Waals surface area contributed by atoms with Crippen LogP contribution in [-0.2, 0) is 91.2 Å². The van der Waals surface area contributed by atoms with Crippen molar-refractivity contribution in [3.63, 3.8) is 0 Å². The molecule has 15 atom stereocenters. The molecule has 3 aromatic rings. The van der Waals surface area contributed by atoms with E-state index in [4.69, 9.17) is 11.6 Å². The Labute approximate surface area is 720 Å². The van der Waals surface area contributed by atoms with Crippen molar-refractivity contribution in [3.05, 3.63) is 107 Å². The molecule has 5 rings (SSSR count). The van der Waals surface area contributed by atoms with Crippen molar-refractivity contribution in [1.29, 1.82) is 0 Å². The smallest absolute Gasteiger partial charge is 0.248 e. The molecule has 8 N–H and O–H groups in total. The molecule has 0 unspecified atom stereocenters. The number of likely N-dealkylation sites (tertiary alicyclic amines) is 1. The van der Waals surface area contributed by atoms with Crippen molar-refractivity contribution >= 4 is 100 Å². The Hall–Kier alpha value is -10.0. The van der Waals surface area contributed by atoms with Crippen molar-refractivity contribution in [3.8, 4) is 0 Å². The van der Waals surface area contributed by atoms with E-state index < -0.39 is 192 Å². The lowest BCUT2D eigenvalue weighted by Crippen LogP contribution is -2.62. The SMILES string of the molecule is CC[C@H](C)[C@H](NC(=O)[C@@H](NC(=O)[C@H](Cc1ccccc1)NC(=O)[C@@H]1CC(=O)N[C@H](C(C)C)C(=O)N(C)[C@@H](C)C(=O)N(C)[C@@H](CC(C)C)C(=O)N[C@@H]([C@@H](C)O)C(=O)N(C)CC(=O)N(C)[C@@H](Cc2ccccc2)C(=O)N(C)[C@@H](CC(C)C)C(=O)N(C)[C@@H](Cc2cccc(Cl)c2)C(=O)N(C)[C@@H](CC(C)C)C(=O)N[C@@H](C)C(=O)N1)C(C)C)C(=O)N1CCCCC1. The number of hydrogen-bond acceptors (Lipinski definition) is 16. The largest absolute Gasteiger partial charge is 0.391 e. The van der Waals surface area contributed by atoms with Gasteiger partial charge in [-0.3, -0.25) is 71.9 Å². The van der Waals surface area contributed by atoms with Crippen molar-refractivity contribution in [2.24, 2.45) is 35.5 Å². The highest BCUT2D eigenvalue weighted by atomic mass is 35.5. The van der Waals surface area contributed by atoms with E-state index in [0.717, 1.165) is 38.9 Å². The summed E-state index contributed by atoms with van der Waals surface area (Å²) in [6.07, 6.45) is 0.115. The lowest BCUT2D eigenvalue weighted by atomic mass is 9.95. The topological polar surface area (TPSA) is 386 Å². The second-order valence-corrected chi connectivity index (χ2v) is 35.3. The van der Waals surface area contributed by atoms with Crippen LogP contribution >= 0.6 is 11.6 Å². The van der Waals surface area contributed by atoms with Crippen LogP contribution in [0.4, 0.5) is 0 Å². The Bertz CT molecular complexity index is 4050. The third-order valence-corrected chi connectivity index (χ3v) is 23.2. The summed E-state index contributed by atoms with van der Waals surface area (Å²) in [4.78, 5) is 235. The van der Waals surface area contributed by atoms with Gasteiger partial charge in [0, 0.05) is 86.7 Å². The molecular formula is C89H136ClN15O16. The number of hydrogen-bond donors (Lipinski definition) is 8. The van der Waals surface area contributed by atoms with E-state index in [1.165, 1.54) is 84.8 Å². The van der Waals surface area contributed by atoms with Crippen LogP contribution in [0.2, 0.25) is 5.02 Å².